The number of rotatable bonds is 2. The number of furan rings is 1. The van der Waals surface area contributed by atoms with Crippen molar-refractivity contribution < 1.29 is 4.42 Å². The van der Waals surface area contributed by atoms with E-state index < -0.39 is 0 Å². The highest BCUT2D eigenvalue weighted by Gasteiger charge is 2.43. The van der Waals surface area contributed by atoms with Crippen molar-refractivity contribution in [3.05, 3.63) is 48.5 Å². The molecule has 6 nitrogen and oxygen atoms in total. The van der Waals surface area contributed by atoms with Gasteiger partial charge in [0.15, 0.2) is 11.4 Å². The van der Waals surface area contributed by atoms with E-state index in [4.69, 9.17) is 4.42 Å². The Bertz CT molecular complexity index is 1130. The van der Waals surface area contributed by atoms with Gasteiger partial charge in [0, 0.05) is 42.3 Å². The maximum Gasteiger partial charge on any atom is 0.196 e. The number of aryl methyl sites for hydroxylation is 1. The van der Waals surface area contributed by atoms with Crippen LogP contribution >= 0.6 is 0 Å². The van der Waals surface area contributed by atoms with Crippen molar-refractivity contribution in [3.63, 3.8) is 0 Å². The first-order chi connectivity index (χ1) is 13.3. The van der Waals surface area contributed by atoms with Crippen molar-refractivity contribution in [2.75, 3.05) is 4.90 Å². The number of hydrogen-bond donors (Lipinski definition) is 0. The summed E-state index contributed by atoms with van der Waals surface area (Å²) in [4.78, 5) is 11.7. The molecule has 2 aliphatic rings. The fourth-order valence-electron chi connectivity index (χ4n) is 5.24. The van der Waals surface area contributed by atoms with Crippen LogP contribution in [0.15, 0.2) is 47.3 Å². The lowest BCUT2D eigenvalue weighted by atomic mass is 9.88. The zero-order valence-corrected chi connectivity index (χ0v) is 15.2. The minimum atomic E-state index is 0.495. The normalized spacial score (nSPS) is 24.9. The quantitative estimate of drug-likeness (QED) is 0.541. The summed E-state index contributed by atoms with van der Waals surface area (Å²) in [5.41, 5.74) is 3.98. The van der Waals surface area contributed by atoms with E-state index in [-0.39, 0.29) is 0 Å². The van der Waals surface area contributed by atoms with Gasteiger partial charge in [0.05, 0.1) is 0 Å². The van der Waals surface area contributed by atoms with Crippen LogP contribution in [0.4, 0.5) is 5.82 Å². The average Bonchev–Trinajstić information content (AvgIpc) is 3.35. The zero-order chi connectivity index (χ0) is 18.0. The molecule has 3 aromatic heterocycles. The number of para-hydroxylation sites is 1. The molecule has 0 amide bonds. The van der Waals surface area contributed by atoms with E-state index >= 15 is 0 Å². The van der Waals surface area contributed by atoms with Gasteiger partial charge < -0.3 is 9.32 Å². The van der Waals surface area contributed by atoms with E-state index in [1.807, 2.05) is 36.1 Å². The van der Waals surface area contributed by atoms with E-state index in [1.54, 1.807) is 6.33 Å². The molecular formula is C21H21N5O. The fourth-order valence-corrected chi connectivity index (χ4v) is 5.24. The Hall–Kier alpha value is -2.89. The number of aromatic nitrogens is 4. The van der Waals surface area contributed by atoms with Crippen LogP contribution in [0, 0.1) is 0 Å². The molecule has 0 N–H and O–H groups in total. The Morgan fingerprint density at radius 2 is 1.85 bits per heavy atom. The van der Waals surface area contributed by atoms with Crippen LogP contribution in [0.2, 0.25) is 0 Å². The van der Waals surface area contributed by atoms with Gasteiger partial charge in [-0.15, -0.1) is 0 Å². The molecular weight excluding hydrogens is 338 g/mol. The van der Waals surface area contributed by atoms with E-state index in [0.29, 0.717) is 18.0 Å². The molecule has 0 spiro atoms. The van der Waals surface area contributed by atoms with Crippen molar-refractivity contribution in [1.29, 1.82) is 0 Å². The maximum atomic E-state index is 6.20. The van der Waals surface area contributed by atoms with Crippen molar-refractivity contribution in [3.8, 4) is 0 Å². The molecule has 0 radical (unpaired) electrons. The van der Waals surface area contributed by atoms with Crippen LogP contribution in [-0.4, -0.2) is 31.8 Å². The molecule has 0 aliphatic carbocycles. The number of anilines is 1. The molecule has 1 aromatic carbocycles. The van der Waals surface area contributed by atoms with Crippen LogP contribution < -0.4 is 4.90 Å². The number of hydrogen-bond acceptors (Lipinski definition) is 5. The molecule has 2 bridgehead atoms. The minimum Gasteiger partial charge on any atom is -0.450 e. The van der Waals surface area contributed by atoms with E-state index in [2.05, 4.69) is 32.1 Å². The first-order valence-electron chi connectivity index (χ1n) is 9.68. The second-order valence-electron chi connectivity index (χ2n) is 7.81. The average molecular weight is 359 g/mol. The predicted octanol–water partition coefficient (Wildman–Crippen LogP) is 4.02. The van der Waals surface area contributed by atoms with E-state index in [1.165, 1.54) is 18.5 Å². The molecule has 5 heterocycles. The molecule has 27 heavy (non-hydrogen) atoms. The minimum absolute atomic E-state index is 0.495. The van der Waals surface area contributed by atoms with Gasteiger partial charge in [0.2, 0.25) is 0 Å². The van der Waals surface area contributed by atoms with Gasteiger partial charge >= 0.3 is 0 Å². The van der Waals surface area contributed by atoms with Crippen LogP contribution in [-0.2, 0) is 7.05 Å². The molecule has 2 saturated heterocycles. The molecule has 0 saturated carbocycles. The van der Waals surface area contributed by atoms with Gasteiger partial charge in [-0.2, -0.15) is 5.10 Å². The predicted molar refractivity (Wildman–Crippen MR) is 104 cm³/mol. The standard InChI is InChI=1S/C21H21N5O/c1-25-17(8-9-24-25)13-10-14-6-7-15(11-13)26(14)21-20-19(22-12-23-21)16-4-2-3-5-18(16)27-20/h2-5,8-9,12-15H,6-7,10-11H2,1H3. The molecule has 6 rings (SSSR count). The highest BCUT2D eigenvalue weighted by atomic mass is 16.3. The van der Waals surface area contributed by atoms with Gasteiger partial charge in [-0.3, -0.25) is 4.68 Å². The third-order valence-electron chi connectivity index (χ3n) is 6.39. The van der Waals surface area contributed by atoms with Crippen molar-refractivity contribution in [2.45, 2.75) is 43.7 Å². The largest absolute Gasteiger partial charge is 0.450 e. The van der Waals surface area contributed by atoms with Crippen LogP contribution in [0.5, 0.6) is 0 Å². The summed E-state index contributed by atoms with van der Waals surface area (Å²) >= 11 is 0. The van der Waals surface area contributed by atoms with Crippen LogP contribution in [0.25, 0.3) is 22.1 Å². The first kappa shape index (κ1) is 15.2. The third kappa shape index (κ3) is 2.16. The summed E-state index contributed by atoms with van der Waals surface area (Å²) < 4.78 is 8.23. The van der Waals surface area contributed by atoms with Gasteiger partial charge in [-0.25, -0.2) is 9.97 Å². The Morgan fingerprint density at radius 3 is 2.63 bits per heavy atom. The third-order valence-corrected chi connectivity index (χ3v) is 6.39. The molecule has 6 heteroatoms. The van der Waals surface area contributed by atoms with Crippen molar-refractivity contribution in [2.24, 2.45) is 7.05 Å². The van der Waals surface area contributed by atoms with Gasteiger partial charge in [0.25, 0.3) is 0 Å². The Kier molecular flexibility index (Phi) is 3.12. The highest BCUT2D eigenvalue weighted by molar-refractivity contribution is 6.05. The molecule has 4 aromatic rings. The maximum absolute atomic E-state index is 6.20. The van der Waals surface area contributed by atoms with Crippen molar-refractivity contribution in [1.82, 2.24) is 19.7 Å². The number of piperidine rings is 1. The summed E-state index contributed by atoms with van der Waals surface area (Å²) in [6.07, 6.45) is 8.30. The lowest BCUT2D eigenvalue weighted by Gasteiger charge is -2.39. The van der Waals surface area contributed by atoms with Gasteiger partial charge in [0.1, 0.15) is 17.4 Å². The highest BCUT2D eigenvalue weighted by Crippen LogP contribution is 2.46. The fraction of sp³-hybridized carbons (Fsp3) is 0.381. The SMILES string of the molecule is Cn1nccc1C1CC2CCC(C1)N2c1ncnc2c1oc1ccccc12. The van der Waals surface area contributed by atoms with E-state index in [9.17, 15) is 0 Å². The van der Waals surface area contributed by atoms with Gasteiger partial charge in [-0.1, -0.05) is 12.1 Å². The molecule has 2 atom stereocenters. The van der Waals surface area contributed by atoms with Gasteiger partial charge in [-0.05, 0) is 43.9 Å². The lowest BCUT2D eigenvalue weighted by Crippen LogP contribution is -2.43. The number of nitrogens with zero attached hydrogens (tertiary/aromatic N) is 5. The second-order valence-corrected chi connectivity index (χ2v) is 7.81. The van der Waals surface area contributed by atoms with Crippen LogP contribution in [0.1, 0.15) is 37.3 Å². The zero-order valence-electron chi connectivity index (χ0n) is 15.2. The number of fused-ring (bicyclic) bond motifs is 5. The molecule has 2 unspecified atom stereocenters. The Labute approximate surface area is 156 Å². The van der Waals surface area contributed by atoms with Crippen molar-refractivity contribution >= 4 is 27.9 Å². The first-order valence-corrected chi connectivity index (χ1v) is 9.68. The molecule has 136 valence electrons. The smallest absolute Gasteiger partial charge is 0.196 e. The van der Waals surface area contributed by atoms with E-state index in [0.717, 1.165) is 40.7 Å². The summed E-state index contributed by atoms with van der Waals surface area (Å²) in [5.74, 6) is 1.53. The van der Waals surface area contributed by atoms with Crippen LogP contribution in [0.3, 0.4) is 0 Å². The Balaban J connectivity index is 1.43. The molecule has 2 aliphatic heterocycles. The lowest BCUT2D eigenvalue weighted by molar-refractivity contribution is 0.397. The molecule has 2 fully saturated rings. The summed E-state index contributed by atoms with van der Waals surface area (Å²) in [7, 11) is 2.05. The second kappa shape index (κ2) is 5.55. The number of benzene rings is 1. The summed E-state index contributed by atoms with van der Waals surface area (Å²) in [6, 6.07) is 11.3. The summed E-state index contributed by atoms with van der Waals surface area (Å²) in [5, 5.41) is 5.44. The Morgan fingerprint density at radius 1 is 1.04 bits per heavy atom. The summed E-state index contributed by atoms with van der Waals surface area (Å²) in [6.45, 7) is 0. The monoisotopic (exact) mass is 359 g/mol. The topological polar surface area (TPSA) is 60.0 Å².